The van der Waals surface area contributed by atoms with Crippen molar-refractivity contribution in [1.82, 2.24) is 15.5 Å². The van der Waals surface area contributed by atoms with Crippen LogP contribution in [0, 0.1) is 0 Å². The van der Waals surface area contributed by atoms with Gasteiger partial charge in [-0.1, -0.05) is 0 Å². The monoisotopic (exact) mass is 367 g/mol. The summed E-state index contributed by atoms with van der Waals surface area (Å²) in [7, 11) is -3.52. The molecule has 0 aromatic carbocycles. The van der Waals surface area contributed by atoms with Crippen molar-refractivity contribution in [3.05, 3.63) is 0 Å². The Morgan fingerprint density at radius 1 is 1.35 bits per heavy atom. The lowest BCUT2D eigenvalue weighted by atomic mass is 9.95. The minimum atomic E-state index is -3.52. The van der Waals surface area contributed by atoms with Gasteiger partial charge in [-0.25, -0.2) is 8.42 Å². The summed E-state index contributed by atoms with van der Waals surface area (Å²) < 4.78 is 23.0. The van der Waals surface area contributed by atoms with E-state index in [0.717, 1.165) is 6.26 Å². The van der Waals surface area contributed by atoms with Crippen molar-refractivity contribution >= 4 is 34.1 Å². The van der Waals surface area contributed by atoms with Crippen molar-refractivity contribution in [1.29, 1.82) is 0 Å². The van der Waals surface area contributed by atoms with Gasteiger partial charge in [0.15, 0.2) is 14.6 Å². The molecule has 2 fully saturated rings. The fraction of sp³-hybridized carbons (Fsp3) is 0.857. The molecule has 0 bridgehead atoms. The molecule has 0 spiro atoms. The number of carbonyl (C=O) groups is 2. The van der Waals surface area contributed by atoms with Crippen LogP contribution in [0.1, 0.15) is 33.1 Å². The Morgan fingerprint density at radius 3 is 2.35 bits per heavy atom. The van der Waals surface area contributed by atoms with E-state index in [9.17, 15) is 18.0 Å². The predicted octanol–water partition coefficient (Wildman–Crippen LogP) is -0.299. The zero-order valence-electron chi connectivity index (χ0n) is 13.8. The second-order valence-electron chi connectivity index (χ2n) is 6.53. The lowest BCUT2D eigenvalue weighted by Gasteiger charge is -2.35. The van der Waals surface area contributed by atoms with Crippen LogP contribution >= 0.6 is 12.4 Å². The van der Waals surface area contributed by atoms with Crippen molar-refractivity contribution in [3.8, 4) is 0 Å². The van der Waals surface area contributed by atoms with Crippen molar-refractivity contribution in [2.75, 3.05) is 25.9 Å². The third-order valence-electron chi connectivity index (χ3n) is 4.65. The maximum atomic E-state index is 12.7. The Balaban J connectivity index is 0.00000264. The first-order valence-electron chi connectivity index (χ1n) is 7.68. The van der Waals surface area contributed by atoms with Crippen LogP contribution in [-0.4, -0.2) is 67.9 Å². The summed E-state index contributed by atoms with van der Waals surface area (Å²) in [6.45, 7) is 5.30. The molecule has 0 radical (unpaired) electrons. The zero-order chi connectivity index (χ0) is 16.5. The molecule has 1 atom stereocenters. The number of hydrogen-bond donors (Lipinski definition) is 2. The quantitative estimate of drug-likeness (QED) is 0.711. The third kappa shape index (κ3) is 3.97. The number of nitrogens with zero attached hydrogens (tertiary/aromatic N) is 1. The number of amides is 2. The van der Waals surface area contributed by atoms with Gasteiger partial charge in [0.2, 0.25) is 11.8 Å². The first-order chi connectivity index (χ1) is 10.2. The molecule has 2 saturated heterocycles. The minimum absolute atomic E-state index is 0. The lowest BCUT2D eigenvalue weighted by Crippen LogP contribution is -2.59. The summed E-state index contributed by atoms with van der Waals surface area (Å²) in [4.78, 5) is 26.3. The van der Waals surface area contributed by atoms with Crippen LogP contribution in [0.5, 0.6) is 0 Å². The number of likely N-dealkylation sites (tertiary alicyclic amines) is 1. The number of piperidine rings is 1. The highest BCUT2D eigenvalue weighted by molar-refractivity contribution is 7.92. The van der Waals surface area contributed by atoms with Crippen LogP contribution < -0.4 is 10.6 Å². The molecule has 2 aliphatic heterocycles. The first kappa shape index (κ1) is 20.2. The Morgan fingerprint density at radius 2 is 1.91 bits per heavy atom. The molecule has 2 N–H and O–H groups in total. The average Bonchev–Trinajstić information content (AvgIpc) is 2.79. The van der Waals surface area contributed by atoms with Gasteiger partial charge in [-0.3, -0.25) is 9.59 Å². The van der Waals surface area contributed by atoms with Crippen molar-refractivity contribution in [3.63, 3.8) is 0 Å². The predicted molar refractivity (Wildman–Crippen MR) is 90.3 cm³/mol. The van der Waals surface area contributed by atoms with Crippen molar-refractivity contribution in [2.24, 2.45) is 0 Å². The molecule has 134 valence electrons. The normalized spacial score (nSPS) is 24.4. The molecular formula is C14H26ClN3O4S. The van der Waals surface area contributed by atoms with Crippen molar-refractivity contribution < 1.29 is 18.0 Å². The molecule has 9 heteroatoms. The van der Waals surface area contributed by atoms with Gasteiger partial charge in [-0.05, 0) is 39.8 Å². The molecular weight excluding hydrogens is 342 g/mol. The molecule has 0 aliphatic carbocycles. The Kier molecular flexibility index (Phi) is 6.46. The fourth-order valence-corrected chi connectivity index (χ4v) is 4.58. The highest BCUT2D eigenvalue weighted by Gasteiger charge is 2.49. The van der Waals surface area contributed by atoms with Crippen LogP contribution in [0.25, 0.3) is 0 Å². The minimum Gasteiger partial charge on any atom is -0.350 e. The van der Waals surface area contributed by atoms with Crippen LogP contribution in [-0.2, 0) is 19.4 Å². The highest BCUT2D eigenvalue weighted by Crippen LogP contribution is 2.28. The van der Waals surface area contributed by atoms with E-state index < -0.39 is 20.5 Å². The van der Waals surface area contributed by atoms with E-state index in [4.69, 9.17) is 0 Å². The third-order valence-corrected chi connectivity index (χ3v) is 6.67. The van der Waals surface area contributed by atoms with E-state index >= 15 is 0 Å². The van der Waals surface area contributed by atoms with Gasteiger partial charge in [-0.15, -0.1) is 12.4 Å². The molecule has 7 nitrogen and oxygen atoms in total. The summed E-state index contributed by atoms with van der Waals surface area (Å²) in [5.74, 6) is -0.459. The molecule has 2 heterocycles. The molecule has 0 aromatic heterocycles. The fourth-order valence-electron chi connectivity index (χ4n) is 3.24. The topological polar surface area (TPSA) is 95.6 Å². The standard InChI is InChI=1S/C14H25N3O4S.ClH/c1-10(2)17-9-11(8-12(17)18)16-13(19)14(22(3,20)21)4-6-15-7-5-14;/h10-11,15H,4-9H2,1-3H3,(H,16,19);1H. The van der Waals surface area contributed by atoms with E-state index in [-0.39, 0.29) is 49.7 Å². The second kappa shape index (κ2) is 7.36. The maximum Gasteiger partial charge on any atom is 0.241 e. The number of carbonyl (C=O) groups excluding carboxylic acids is 2. The lowest BCUT2D eigenvalue weighted by molar-refractivity contribution is -0.129. The van der Waals surface area contributed by atoms with Gasteiger partial charge >= 0.3 is 0 Å². The van der Waals surface area contributed by atoms with Crippen LogP contribution in [0.3, 0.4) is 0 Å². The molecule has 1 unspecified atom stereocenters. The number of nitrogens with one attached hydrogen (secondary N) is 2. The molecule has 2 rings (SSSR count). The zero-order valence-corrected chi connectivity index (χ0v) is 15.4. The highest BCUT2D eigenvalue weighted by atomic mass is 35.5. The summed E-state index contributed by atoms with van der Waals surface area (Å²) in [5, 5.41) is 5.89. The largest absolute Gasteiger partial charge is 0.350 e. The molecule has 0 aromatic rings. The number of rotatable bonds is 4. The summed E-state index contributed by atoms with van der Waals surface area (Å²) in [6, 6.07) is -0.229. The molecule has 0 saturated carbocycles. The molecule has 2 amide bonds. The summed E-state index contributed by atoms with van der Waals surface area (Å²) in [6.07, 6.45) is 1.90. The number of halogens is 1. The molecule has 2 aliphatic rings. The smallest absolute Gasteiger partial charge is 0.241 e. The van der Waals surface area contributed by atoms with Crippen LogP contribution in [0.15, 0.2) is 0 Å². The van der Waals surface area contributed by atoms with Gasteiger partial charge < -0.3 is 15.5 Å². The van der Waals surface area contributed by atoms with Crippen molar-refractivity contribution in [2.45, 2.75) is 49.9 Å². The maximum absolute atomic E-state index is 12.7. The van der Waals surface area contributed by atoms with E-state index in [1.165, 1.54) is 0 Å². The van der Waals surface area contributed by atoms with Gasteiger partial charge in [0.1, 0.15) is 0 Å². The summed E-state index contributed by atoms with van der Waals surface area (Å²) in [5.41, 5.74) is 0. The SMILES string of the molecule is CC(C)N1CC(NC(=O)C2(S(C)(=O)=O)CCNCC2)CC1=O.Cl. The average molecular weight is 368 g/mol. The first-order valence-corrected chi connectivity index (χ1v) is 9.57. The van der Waals surface area contributed by atoms with E-state index in [1.54, 1.807) is 4.90 Å². The van der Waals surface area contributed by atoms with Gasteiger partial charge in [0.05, 0.1) is 6.04 Å². The summed E-state index contributed by atoms with van der Waals surface area (Å²) >= 11 is 0. The van der Waals surface area contributed by atoms with Gasteiger partial charge in [0.25, 0.3) is 0 Å². The Bertz CT molecular complexity index is 558. The Labute approximate surface area is 143 Å². The van der Waals surface area contributed by atoms with E-state index in [1.807, 2.05) is 13.8 Å². The van der Waals surface area contributed by atoms with Crippen LogP contribution in [0.2, 0.25) is 0 Å². The van der Waals surface area contributed by atoms with Crippen LogP contribution in [0.4, 0.5) is 0 Å². The number of sulfone groups is 1. The van der Waals surface area contributed by atoms with Gasteiger partial charge in [0, 0.05) is 25.3 Å². The number of hydrogen-bond acceptors (Lipinski definition) is 5. The Hall–Kier alpha value is -0.860. The molecule has 23 heavy (non-hydrogen) atoms. The second-order valence-corrected chi connectivity index (χ2v) is 8.86. The van der Waals surface area contributed by atoms with E-state index in [0.29, 0.717) is 19.6 Å². The van der Waals surface area contributed by atoms with Gasteiger partial charge in [-0.2, -0.15) is 0 Å². The van der Waals surface area contributed by atoms with E-state index in [2.05, 4.69) is 10.6 Å².